The maximum Gasteiger partial charge on any atom is 0.0920 e. The fraction of sp³-hybridized carbons (Fsp3) is 0.867. The molecule has 0 aromatic heterocycles. The summed E-state index contributed by atoms with van der Waals surface area (Å²) in [4.78, 5) is 4.87. The van der Waals surface area contributed by atoms with Gasteiger partial charge in [0, 0.05) is 39.0 Å². The topological polar surface area (TPSA) is 15.7 Å². The lowest BCUT2D eigenvalue weighted by Gasteiger charge is -2.53. The second-order valence-electron chi connectivity index (χ2n) is 6.70. The van der Waals surface area contributed by atoms with Crippen LogP contribution in [0, 0.1) is 11.3 Å². The molecule has 1 saturated carbocycles. The van der Waals surface area contributed by atoms with Crippen LogP contribution in [0.2, 0.25) is 0 Å². The molecule has 18 heavy (non-hydrogen) atoms. The Balaban J connectivity index is 1.47. The molecule has 3 nitrogen and oxygen atoms in total. The fourth-order valence-corrected chi connectivity index (χ4v) is 4.06. The van der Waals surface area contributed by atoms with Gasteiger partial charge in [-0.05, 0) is 44.1 Å². The molecule has 2 aliphatic heterocycles. The Morgan fingerprint density at radius 2 is 1.83 bits per heavy atom. The zero-order valence-electron chi connectivity index (χ0n) is 11.8. The van der Waals surface area contributed by atoms with E-state index in [-0.39, 0.29) is 0 Å². The first-order chi connectivity index (χ1) is 8.62. The van der Waals surface area contributed by atoms with Gasteiger partial charge in [0.05, 0.1) is 6.10 Å². The first-order valence-corrected chi connectivity index (χ1v) is 7.27. The van der Waals surface area contributed by atoms with Gasteiger partial charge in [0.15, 0.2) is 0 Å². The summed E-state index contributed by atoms with van der Waals surface area (Å²) < 4.78 is 5.34. The number of ether oxygens (including phenoxy) is 1. The predicted octanol–water partition coefficient (Wildman–Crippen LogP) is 1.95. The molecule has 102 valence electrons. The summed E-state index contributed by atoms with van der Waals surface area (Å²) in [6.07, 6.45) is 5.95. The van der Waals surface area contributed by atoms with Gasteiger partial charge in [-0.1, -0.05) is 6.58 Å². The molecule has 3 rings (SSSR count). The van der Waals surface area contributed by atoms with E-state index in [1.54, 1.807) is 0 Å². The number of likely N-dealkylation sites (tertiary alicyclic amines) is 2. The van der Waals surface area contributed by atoms with Gasteiger partial charge in [-0.25, -0.2) is 0 Å². The summed E-state index contributed by atoms with van der Waals surface area (Å²) in [5.74, 6) is 0.735. The molecule has 2 heterocycles. The largest absolute Gasteiger partial charge is 0.378 e. The average Bonchev–Trinajstić information content (AvgIpc) is 2.26. The maximum atomic E-state index is 5.34. The first-order valence-electron chi connectivity index (χ1n) is 7.27. The smallest absolute Gasteiger partial charge is 0.0920 e. The van der Waals surface area contributed by atoms with Crippen molar-refractivity contribution >= 4 is 0 Å². The average molecular weight is 250 g/mol. The highest BCUT2D eigenvalue weighted by Gasteiger charge is 2.44. The molecule has 0 atom stereocenters. The lowest BCUT2D eigenvalue weighted by Crippen LogP contribution is -2.56. The van der Waals surface area contributed by atoms with Crippen LogP contribution < -0.4 is 0 Å². The Kier molecular flexibility index (Phi) is 3.15. The third kappa shape index (κ3) is 2.08. The number of nitrogens with zero attached hydrogens (tertiary/aromatic N) is 2. The summed E-state index contributed by atoms with van der Waals surface area (Å²) in [5.41, 5.74) is 2.06. The van der Waals surface area contributed by atoms with E-state index in [1.165, 1.54) is 44.5 Å². The van der Waals surface area contributed by atoms with Crippen LogP contribution in [0.4, 0.5) is 0 Å². The molecule has 0 amide bonds. The number of methoxy groups -OCH3 is 1. The molecule has 2 saturated heterocycles. The first kappa shape index (κ1) is 12.5. The van der Waals surface area contributed by atoms with Crippen LogP contribution in [-0.2, 0) is 4.74 Å². The van der Waals surface area contributed by atoms with E-state index in [0.29, 0.717) is 11.5 Å². The van der Waals surface area contributed by atoms with Crippen molar-refractivity contribution in [1.82, 2.24) is 9.80 Å². The number of rotatable bonds is 3. The predicted molar refractivity (Wildman–Crippen MR) is 73.4 cm³/mol. The number of hydrogen-bond donors (Lipinski definition) is 0. The van der Waals surface area contributed by atoms with Crippen LogP contribution in [0.5, 0.6) is 0 Å². The van der Waals surface area contributed by atoms with E-state index in [1.807, 2.05) is 7.11 Å². The normalized spacial score (nSPS) is 29.1. The molecule has 3 heteroatoms. The summed E-state index contributed by atoms with van der Waals surface area (Å²) in [7, 11) is 4.05. The molecule has 0 radical (unpaired) electrons. The van der Waals surface area contributed by atoms with E-state index in [9.17, 15) is 0 Å². The van der Waals surface area contributed by atoms with Crippen LogP contribution in [0.1, 0.15) is 25.7 Å². The fourth-order valence-electron chi connectivity index (χ4n) is 4.06. The lowest BCUT2D eigenvalue weighted by molar-refractivity contribution is -0.0358. The number of allylic oxidation sites excluding steroid dienone is 1. The van der Waals surface area contributed by atoms with Crippen LogP contribution in [0.15, 0.2) is 12.3 Å². The summed E-state index contributed by atoms with van der Waals surface area (Å²) in [6.45, 7) is 9.09. The molecule has 3 fully saturated rings. The molecule has 0 unspecified atom stereocenters. The van der Waals surface area contributed by atoms with E-state index in [0.717, 1.165) is 19.0 Å². The van der Waals surface area contributed by atoms with Crippen molar-refractivity contribution in [2.45, 2.75) is 31.8 Å². The molecule has 1 aliphatic carbocycles. The van der Waals surface area contributed by atoms with Gasteiger partial charge in [0.25, 0.3) is 0 Å². The molecule has 0 N–H and O–H groups in total. The minimum Gasteiger partial charge on any atom is -0.378 e. The minimum atomic E-state index is 0.442. The van der Waals surface area contributed by atoms with Gasteiger partial charge in [0.2, 0.25) is 0 Å². The van der Waals surface area contributed by atoms with Gasteiger partial charge < -0.3 is 14.5 Å². The van der Waals surface area contributed by atoms with Gasteiger partial charge in [-0.2, -0.15) is 0 Å². The SMILES string of the molecule is C=C(C1CCC2(CC1)CN(C)C2)N1CC(OC)C1. The summed E-state index contributed by atoms with van der Waals surface area (Å²) >= 11 is 0. The van der Waals surface area contributed by atoms with Gasteiger partial charge in [0.1, 0.15) is 0 Å². The van der Waals surface area contributed by atoms with Crippen molar-refractivity contribution in [1.29, 1.82) is 0 Å². The quantitative estimate of drug-likeness (QED) is 0.761. The second kappa shape index (κ2) is 4.53. The Hall–Kier alpha value is -0.540. The highest BCUT2D eigenvalue weighted by molar-refractivity contribution is 5.09. The van der Waals surface area contributed by atoms with Gasteiger partial charge >= 0.3 is 0 Å². The summed E-state index contributed by atoms with van der Waals surface area (Å²) in [6, 6.07) is 0. The Morgan fingerprint density at radius 1 is 1.22 bits per heavy atom. The van der Waals surface area contributed by atoms with Crippen molar-refractivity contribution in [2.24, 2.45) is 11.3 Å². The van der Waals surface area contributed by atoms with Crippen molar-refractivity contribution < 1.29 is 4.74 Å². The standard InChI is InChI=1S/C15H26N2O/c1-12(17-8-14(9-17)18-3)13-4-6-15(7-5-13)10-16(2)11-15/h13-14H,1,4-11H2,2-3H3. The van der Waals surface area contributed by atoms with Crippen LogP contribution in [-0.4, -0.2) is 56.2 Å². The molecular formula is C15H26N2O. The monoisotopic (exact) mass is 250 g/mol. The minimum absolute atomic E-state index is 0.442. The Labute approximate surface area is 111 Å². The molecule has 0 aromatic carbocycles. The van der Waals surface area contributed by atoms with Crippen LogP contribution in [0.3, 0.4) is 0 Å². The van der Waals surface area contributed by atoms with Crippen molar-refractivity contribution in [3.05, 3.63) is 12.3 Å². The highest BCUT2D eigenvalue weighted by Crippen LogP contribution is 2.47. The molecule has 0 bridgehead atoms. The second-order valence-corrected chi connectivity index (χ2v) is 6.70. The Bertz CT molecular complexity index is 319. The van der Waals surface area contributed by atoms with Crippen molar-refractivity contribution in [3.63, 3.8) is 0 Å². The van der Waals surface area contributed by atoms with Gasteiger partial charge in [-0.3, -0.25) is 0 Å². The molecule has 3 aliphatic rings. The lowest BCUT2D eigenvalue weighted by atomic mass is 9.65. The molecular weight excluding hydrogens is 224 g/mol. The van der Waals surface area contributed by atoms with E-state index in [2.05, 4.69) is 23.4 Å². The van der Waals surface area contributed by atoms with Gasteiger partial charge in [-0.15, -0.1) is 0 Å². The van der Waals surface area contributed by atoms with Crippen molar-refractivity contribution in [2.75, 3.05) is 40.3 Å². The van der Waals surface area contributed by atoms with E-state index < -0.39 is 0 Å². The van der Waals surface area contributed by atoms with Crippen molar-refractivity contribution in [3.8, 4) is 0 Å². The third-order valence-electron chi connectivity index (χ3n) is 5.32. The zero-order valence-corrected chi connectivity index (χ0v) is 11.8. The Morgan fingerprint density at radius 3 is 2.33 bits per heavy atom. The maximum absolute atomic E-state index is 5.34. The van der Waals surface area contributed by atoms with E-state index in [4.69, 9.17) is 4.74 Å². The highest BCUT2D eigenvalue weighted by atomic mass is 16.5. The molecule has 1 spiro atoms. The third-order valence-corrected chi connectivity index (χ3v) is 5.32. The van der Waals surface area contributed by atoms with E-state index >= 15 is 0 Å². The van der Waals surface area contributed by atoms with Crippen LogP contribution in [0.25, 0.3) is 0 Å². The summed E-state index contributed by atoms with van der Waals surface area (Å²) in [5, 5.41) is 0. The zero-order chi connectivity index (χ0) is 12.8. The van der Waals surface area contributed by atoms with Crippen LogP contribution >= 0.6 is 0 Å². The number of hydrogen-bond acceptors (Lipinski definition) is 3. The molecule has 0 aromatic rings.